The molecule has 2 heterocycles. The van der Waals surface area contributed by atoms with Gasteiger partial charge in [0.15, 0.2) is 12.6 Å². The predicted octanol–water partition coefficient (Wildman–Crippen LogP) is 5.21. The maximum Gasteiger partial charge on any atom is 0.220 e. The number of hydrogen-bond acceptors (Lipinski definition) is 13. The molecule has 0 bridgehead atoms. The number of carbonyl (C=O) groups is 1. The lowest BCUT2D eigenvalue weighted by atomic mass is 9.97. The summed E-state index contributed by atoms with van der Waals surface area (Å²) in [5.41, 5.74) is 0. The minimum absolute atomic E-state index is 0.219. The second-order valence-corrected chi connectivity index (χ2v) is 17.2. The molecule has 354 valence electrons. The molecule has 0 aromatic rings. The SMILES string of the molecule is CCCCCCCCCC/C=C\CCCCCCCCCCCCCC(=O)NC(COC1OC(CO)C(OC2OC(CO)C(O)C(O)C2O)C(O)C1O)C(O)CCCCC. The highest BCUT2D eigenvalue weighted by atomic mass is 16.7. The van der Waals surface area contributed by atoms with Crippen LogP contribution in [0.3, 0.4) is 0 Å². The van der Waals surface area contributed by atoms with Crippen LogP contribution >= 0.6 is 0 Å². The number of unbranched alkanes of at least 4 members (excludes halogenated alkanes) is 21. The molecular formula is C46H87NO13. The van der Waals surface area contributed by atoms with Crippen molar-refractivity contribution in [3.63, 3.8) is 0 Å². The first kappa shape index (κ1) is 54.9. The molecular weight excluding hydrogens is 775 g/mol. The molecule has 0 spiro atoms. The van der Waals surface area contributed by atoms with Gasteiger partial charge in [-0.05, 0) is 38.5 Å². The average Bonchev–Trinajstić information content (AvgIpc) is 3.24. The molecule has 0 saturated carbocycles. The van der Waals surface area contributed by atoms with Crippen molar-refractivity contribution < 1.29 is 64.6 Å². The summed E-state index contributed by atoms with van der Waals surface area (Å²) in [5.74, 6) is -0.219. The van der Waals surface area contributed by atoms with E-state index in [1.807, 2.05) is 6.92 Å². The van der Waals surface area contributed by atoms with Gasteiger partial charge >= 0.3 is 0 Å². The van der Waals surface area contributed by atoms with Gasteiger partial charge in [0.25, 0.3) is 0 Å². The number of carbonyl (C=O) groups excluding carboxylic acids is 1. The van der Waals surface area contributed by atoms with E-state index in [0.29, 0.717) is 12.8 Å². The Balaban J connectivity index is 1.64. The van der Waals surface area contributed by atoms with Gasteiger partial charge in [-0.15, -0.1) is 0 Å². The van der Waals surface area contributed by atoms with E-state index in [1.165, 1.54) is 109 Å². The molecule has 12 unspecified atom stereocenters. The molecule has 2 aliphatic rings. The molecule has 14 heteroatoms. The van der Waals surface area contributed by atoms with E-state index in [4.69, 9.17) is 18.9 Å². The third-order valence-electron chi connectivity index (χ3n) is 12.0. The largest absolute Gasteiger partial charge is 0.394 e. The standard InChI is InChI=1S/C46H87NO13/c1-3-5-7-8-9-10-11-12-13-14-15-16-17-18-19-20-21-22-23-24-25-26-28-30-38(51)47-34(35(50)29-27-6-4-2)33-57-45-43(56)41(54)44(37(32-49)59-45)60-46-42(55)40(53)39(52)36(31-48)58-46/h14-15,34-37,39-46,48-50,52-56H,3-13,16-33H2,1-2H3,(H,47,51)/b15-14-. The smallest absolute Gasteiger partial charge is 0.220 e. The van der Waals surface area contributed by atoms with Gasteiger partial charge in [0, 0.05) is 6.42 Å². The van der Waals surface area contributed by atoms with Gasteiger partial charge in [-0.1, -0.05) is 148 Å². The number of aliphatic hydroxyl groups is 8. The van der Waals surface area contributed by atoms with Gasteiger partial charge in [0.1, 0.15) is 48.8 Å². The van der Waals surface area contributed by atoms with Crippen molar-refractivity contribution in [3.8, 4) is 0 Å². The number of allylic oxidation sites excluding steroid dienone is 2. The molecule has 0 radical (unpaired) electrons. The second kappa shape index (κ2) is 34.2. The molecule has 2 rings (SSSR count). The Kier molecular flexibility index (Phi) is 31.3. The van der Waals surface area contributed by atoms with Crippen LogP contribution in [-0.2, 0) is 23.7 Å². The highest BCUT2D eigenvalue weighted by molar-refractivity contribution is 5.76. The fourth-order valence-electron chi connectivity index (χ4n) is 7.99. The number of aliphatic hydroxyl groups excluding tert-OH is 8. The van der Waals surface area contributed by atoms with Crippen molar-refractivity contribution in [3.05, 3.63) is 12.2 Å². The summed E-state index contributed by atoms with van der Waals surface area (Å²) < 4.78 is 22.5. The Labute approximate surface area is 361 Å². The molecule has 0 aliphatic carbocycles. The Morgan fingerprint density at radius 1 is 0.583 bits per heavy atom. The Morgan fingerprint density at radius 3 is 1.58 bits per heavy atom. The predicted molar refractivity (Wildman–Crippen MR) is 231 cm³/mol. The van der Waals surface area contributed by atoms with Crippen LogP contribution in [0, 0.1) is 0 Å². The van der Waals surface area contributed by atoms with Gasteiger partial charge in [-0.3, -0.25) is 4.79 Å². The van der Waals surface area contributed by atoms with E-state index >= 15 is 0 Å². The van der Waals surface area contributed by atoms with Crippen LogP contribution in [0.15, 0.2) is 12.2 Å². The summed E-state index contributed by atoms with van der Waals surface area (Å²) >= 11 is 0. The van der Waals surface area contributed by atoms with Gasteiger partial charge in [0.05, 0.1) is 32.0 Å². The monoisotopic (exact) mass is 862 g/mol. The Bertz CT molecular complexity index is 1070. The maximum atomic E-state index is 13.0. The maximum absolute atomic E-state index is 13.0. The molecule has 0 aromatic heterocycles. The highest BCUT2D eigenvalue weighted by Gasteiger charge is 2.51. The zero-order valence-electron chi connectivity index (χ0n) is 37.2. The number of amides is 1. The molecule has 2 fully saturated rings. The van der Waals surface area contributed by atoms with E-state index in [1.54, 1.807) is 0 Å². The van der Waals surface area contributed by atoms with E-state index in [0.717, 1.165) is 44.9 Å². The van der Waals surface area contributed by atoms with Crippen molar-refractivity contribution in [2.45, 2.75) is 254 Å². The minimum Gasteiger partial charge on any atom is -0.394 e. The van der Waals surface area contributed by atoms with Crippen LogP contribution in [0.5, 0.6) is 0 Å². The van der Waals surface area contributed by atoms with Crippen molar-refractivity contribution in [2.24, 2.45) is 0 Å². The molecule has 60 heavy (non-hydrogen) atoms. The number of nitrogens with one attached hydrogen (secondary N) is 1. The van der Waals surface area contributed by atoms with E-state index in [-0.39, 0.29) is 12.5 Å². The first-order valence-electron chi connectivity index (χ1n) is 23.9. The van der Waals surface area contributed by atoms with Crippen LogP contribution in [0.1, 0.15) is 181 Å². The molecule has 2 saturated heterocycles. The van der Waals surface area contributed by atoms with Crippen LogP contribution in [0.25, 0.3) is 0 Å². The summed E-state index contributed by atoms with van der Waals surface area (Å²) in [6.45, 7) is 2.67. The Hall–Kier alpha value is -1.27. The zero-order valence-corrected chi connectivity index (χ0v) is 37.2. The number of rotatable bonds is 36. The minimum atomic E-state index is -1.78. The quantitative estimate of drug-likeness (QED) is 0.0292. The van der Waals surface area contributed by atoms with Gasteiger partial charge in [-0.25, -0.2) is 0 Å². The first-order chi connectivity index (χ1) is 29.1. The fraction of sp³-hybridized carbons (Fsp3) is 0.935. The lowest BCUT2D eigenvalue weighted by molar-refractivity contribution is -0.359. The van der Waals surface area contributed by atoms with Crippen molar-refractivity contribution in [1.82, 2.24) is 5.32 Å². The van der Waals surface area contributed by atoms with E-state index in [2.05, 4.69) is 24.4 Å². The lowest BCUT2D eigenvalue weighted by Gasteiger charge is -2.46. The summed E-state index contributed by atoms with van der Waals surface area (Å²) in [7, 11) is 0. The van der Waals surface area contributed by atoms with Gasteiger partial charge in [-0.2, -0.15) is 0 Å². The fourth-order valence-corrected chi connectivity index (χ4v) is 7.99. The lowest BCUT2D eigenvalue weighted by Crippen LogP contribution is -2.65. The Morgan fingerprint density at radius 2 is 1.05 bits per heavy atom. The summed E-state index contributed by atoms with van der Waals surface area (Å²) in [6, 6.07) is -0.820. The number of ether oxygens (including phenoxy) is 4. The molecule has 12 atom stereocenters. The van der Waals surface area contributed by atoms with Gasteiger partial charge in [0.2, 0.25) is 5.91 Å². The summed E-state index contributed by atoms with van der Waals surface area (Å²) in [6.07, 6.45) is 17.7. The van der Waals surface area contributed by atoms with Crippen molar-refractivity contribution in [1.29, 1.82) is 0 Å². The van der Waals surface area contributed by atoms with Crippen LogP contribution in [0.2, 0.25) is 0 Å². The topological polar surface area (TPSA) is 228 Å². The van der Waals surface area contributed by atoms with Crippen molar-refractivity contribution in [2.75, 3.05) is 19.8 Å². The molecule has 9 N–H and O–H groups in total. The highest BCUT2D eigenvalue weighted by Crippen LogP contribution is 2.30. The van der Waals surface area contributed by atoms with Crippen molar-refractivity contribution >= 4 is 5.91 Å². The average molecular weight is 862 g/mol. The summed E-state index contributed by atoms with van der Waals surface area (Å²) in [5, 5.41) is 85.9. The van der Waals surface area contributed by atoms with Gasteiger partial charge < -0.3 is 65.1 Å². The second-order valence-electron chi connectivity index (χ2n) is 17.2. The first-order valence-corrected chi connectivity index (χ1v) is 23.9. The van der Waals surface area contributed by atoms with E-state index in [9.17, 15) is 45.6 Å². The summed E-state index contributed by atoms with van der Waals surface area (Å²) in [4.78, 5) is 13.0. The zero-order chi connectivity index (χ0) is 44.0. The van der Waals surface area contributed by atoms with E-state index < -0.39 is 86.8 Å². The molecule has 0 aromatic carbocycles. The van der Waals surface area contributed by atoms with Crippen LogP contribution < -0.4 is 5.32 Å². The molecule has 2 aliphatic heterocycles. The third kappa shape index (κ3) is 21.9. The molecule has 1 amide bonds. The normalized spacial score (nSPS) is 28.3. The molecule has 14 nitrogen and oxygen atoms in total. The number of hydrogen-bond donors (Lipinski definition) is 9. The third-order valence-corrected chi connectivity index (χ3v) is 12.0. The van der Waals surface area contributed by atoms with Crippen LogP contribution in [0.4, 0.5) is 0 Å². The van der Waals surface area contributed by atoms with Crippen LogP contribution in [-0.4, -0.2) is 140 Å².